The summed E-state index contributed by atoms with van der Waals surface area (Å²) >= 11 is 3.08. The molecular formula is C23H18N2OS2. The molecule has 1 N–H and O–H groups in total. The number of amides is 1. The van der Waals surface area contributed by atoms with Crippen LogP contribution in [0.5, 0.6) is 0 Å². The van der Waals surface area contributed by atoms with E-state index in [1.807, 2.05) is 54.1 Å². The normalized spacial score (nSPS) is 10.6. The minimum absolute atomic E-state index is 0.145. The van der Waals surface area contributed by atoms with E-state index in [0.717, 1.165) is 16.2 Å². The molecule has 28 heavy (non-hydrogen) atoms. The third-order valence-electron chi connectivity index (χ3n) is 4.36. The first-order chi connectivity index (χ1) is 13.7. The zero-order chi connectivity index (χ0) is 19.3. The Bertz CT molecular complexity index is 1070. The van der Waals surface area contributed by atoms with Crippen LogP contribution in [0.1, 0.15) is 10.4 Å². The third kappa shape index (κ3) is 4.16. The molecule has 0 unspecified atom stereocenters. The van der Waals surface area contributed by atoms with Gasteiger partial charge in [-0.2, -0.15) is 0 Å². The smallest absolute Gasteiger partial charge is 0.257 e. The van der Waals surface area contributed by atoms with Crippen LogP contribution in [0.25, 0.3) is 22.4 Å². The standard InChI is InChI=1S/C23H18N2OS2/c1-27-20-13-11-19(12-14-20)22(26)25-23-24-21(15-28-23)18-9-7-17(8-10-18)16-5-3-2-4-6-16/h2-15H,1H3,(H,24,25,26). The molecule has 0 bridgehead atoms. The molecule has 0 atom stereocenters. The number of hydrogen-bond donors (Lipinski definition) is 1. The molecule has 0 fully saturated rings. The van der Waals surface area contributed by atoms with Crippen LogP contribution in [-0.4, -0.2) is 17.1 Å². The highest BCUT2D eigenvalue weighted by Gasteiger charge is 2.10. The molecule has 0 aliphatic rings. The number of nitrogens with one attached hydrogen (secondary N) is 1. The zero-order valence-electron chi connectivity index (χ0n) is 15.3. The van der Waals surface area contributed by atoms with Crippen LogP contribution in [0.3, 0.4) is 0 Å². The van der Waals surface area contributed by atoms with Gasteiger partial charge in [0.15, 0.2) is 5.13 Å². The summed E-state index contributed by atoms with van der Waals surface area (Å²) in [6.45, 7) is 0. The van der Waals surface area contributed by atoms with Gasteiger partial charge in [-0.15, -0.1) is 23.1 Å². The van der Waals surface area contributed by atoms with E-state index >= 15 is 0 Å². The molecule has 1 heterocycles. The highest BCUT2D eigenvalue weighted by molar-refractivity contribution is 7.98. The first-order valence-electron chi connectivity index (χ1n) is 8.80. The molecule has 5 heteroatoms. The lowest BCUT2D eigenvalue weighted by Crippen LogP contribution is -2.11. The van der Waals surface area contributed by atoms with Gasteiger partial charge in [-0.25, -0.2) is 4.98 Å². The van der Waals surface area contributed by atoms with Gasteiger partial charge in [0, 0.05) is 21.4 Å². The van der Waals surface area contributed by atoms with Crippen LogP contribution < -0.4 is 5.32 Å². The molecule has 4 rings (SSSR count). The SMILES string of the molecule is CSc1ccc(C(=O)Nc2nc(-c3ccc(-c4ccccc4)cc3)cs2)cc1. The van der Waals surface area contributed by atoms with Crippen molar-refractivity contribution in [2.45, 2.75) is 4.90 Å². The Kier molecular flexibility index (Phi) is 5.55. The van der Waals surface area contributed by atoms with E-state index in [9.17, 15) is 4.79 Å². The number of thioether (sulfide) groups is 1. The van der Waals surface area contributed by atoms with Crippen molar-refractivity contribution in [2.24, 2.45) is 0 Å². The van der Waals surface area contributed by atoms with Gasteiger partial charge in [-0.1, -0.05) is 54.6 Å². The van der Waals surface area contributed by atoms with E-state index in [-0.39, 0.29) is 5.91 Å². The maximum atomic E-state index is 12.4. The Balaban J connectivity index is 1.47. The average molecular weight is 403 g/mol. The molecule has 3 nitrogen and oxygen atoms in total. The second-order valence-electron chi connectivity index (χ2n) is 6.16. The van der Waals surface area contributed by atoms with Gasteiger partial charge in [-0.3, -0.25) is 10.1 Å². The van der Waals surface area contributed by atoms with Crippen molar-refractivity contribution >= 4 is 34.1 Å². The molecule has 1 aromatic heterocycles. The van der Waals surface area contributed by atoms with Crippen LogP contribution in [-0.2, 0) is 0 Å². The summed E-state index contributed by atoms with van der Waals surface area (Å²) in [5, 5.41) is 5.45. The van der Waals surface area contributed by atoms with Crippen molar-refractivity contribution in [3.05, 3.63) is 89.8 Å². The summed E-state index contributed by atoms with van der Waals surface area (Å²) in [5.74, 6) is -0.145. The number of rotatable bonds is 5. The Hall–Kier alpha value is -2.89. The Labute approximate surface area is 172 Å². The van der Waals surface area contributed by atoms with Gasteiger partial charge in [0.25, 0.3) is 5.91 Å². The number of nitrogens with zero attached hydrogens (tertiary/aromatic N) is 1. The number of aromatic nitrogens is 1. The van der Waals surface area contributed by atoms with Crippen LogP contribution in [0.15, 0.2) is 89.1 Å². The van der Waals surface area contributed by atoms with E-state index in [1.165, 1.54) is 22.5 Å². The molecule has 1 amide bonds. The Morgan fingerprint density at radius 3 is 2.18 bits per heavy atom. The fourth-order valence-electron chi connectivity index (χ4n) is 2.84. The minimum Gasteiger partial charge on any atom is -0.298 e. The summed E-state index contributed by atoms with van der Waals surface area (Å²) in [6, 6.07) is 26.1. The second-order valence-corrected chi connectivity index (χ2v) is 7.90. The molecule has 0 saturated carbocycles. The molecule has 4 aromatic rings. The van der Waals surface area contributed by atoms with Crippen LogP contribution in [0.4, 0.5) is 5.13 Å². The summed E-state index contributed by atoms with van der Waals surface area (Å²) in [4.78, 5) is 18.1. The van der Waals surface area contributed by atoms with Crippen molar-refractivity contribution in [3.63, 3.8) is 0 Å². The van der Waals surface area contributed by atoms with Gasteiger partial charge in [-0.05, 0) is 41.6 Å². The lowest BCUT2D eigenvalue weighted by atomic mass is 10.0. The van der Waals surface area contributed by atoms with E-state index < -0.39 is 0 Å². The first kappa shape index (κ1) is 18.5. The predicted molar refractivity (Wildman–Crippen MR) is 119 cm³/mol. The molecule has 3 aromatic carbocycles. The summed E-state index contributed by atoms with van der Waals surface area (Å²) < 4.78 is 0. The molecule has 0 radical (unpaired) electrons. The van der Waals surface area contributed by atoms with Crippen LogP contribution in [0, 0.1) is 0 Å². The van der Waals surface area contributed by atoms with Crippen molar-refractivity contribution < 1.29 is 4.79 Å². The van der Waals surface area contributed by atoms with Crippen molar-refractivity contribution in [1.29, 1.82) is 0 Å². The minimum atomic E-state index is -0.145. The van der Waals surface area contributed by atoms with Gasteiger partial charge in [0.05, 0.1) is 5.69 Å². The summed E-state index contributed by atoms with van der Waals surface area (Å²) in [7, 11) is 0. The second kappa shape index (κ2) is 8.42. The largest absolute Gasteiger partial charge is 0.298 e. The monoisotopic (exact) mass is 402 g/mol. The van der Waals surface area contributed by atoms with E-state index in [4.69, 9.17) is 0 Å². The van der Waals surface area contributed by atoms with Gasteiger partial charge < -0.3 is 0 Å². The van der Waals surface area contributed by atoms with Crippen molar-refractivity contribution in [1.82, 2.24) is 4.98 Å². The molecule has 0 aliphatic heterocycles. The van der Waals surface area contributed by atoms with Gasteiger partial charge in [0.2, 0.25) is 0 Å². The summed E-state index contributed by atoms with van der Waals surface area (Å²) in [5.41, 5.74) is 4.87. The lowest BCUT2D eigenvalue weighted by Gasteiger charge is -2.03. The van der Waals surface area contributed by atoms with Gasteiger partial charge in [0.1, 0.15) is 0 Å². The quantitative estimate of drug-likeness (QED) is 0.390. The number of carbonyl (C=O) groups excluding carboxylic acids is 1. The number of benzene rings is 3. The van der Waals surface area contributed by atoms with Crippen LogP contribution in [0.2, 0.25) is 0 Å². The summed E-state index contributed by atoms with van der Waals surface area (Å²) in [6.07, 6.45) is 2.01. The fourth-order valence-corrected chi connectivity index (χ4v) is 3.96. The highest BCUT2D eigenvalue weighted by atomic mass is 32.2. The Morgan fingerprint density at radius 1 is 0.857 bits per heavy atom. The molecule has 138 valence electrons. The number of thiazole rings is 1. The van der Waals surface area contributed by atoms with E-state index in [0.29, 0.717) is 10.7 Å². The van der Waals surface area contributed by atoms with Crippen molar-refractivity contribution in [3.8, 4) is 22.4 Å². The maximum Gasteiger partial charge on any atom is 0.257 e. The van der Waals surface area contributed by atoms with Gasteiger partial charge >= 0.3 is 0 Å². The molecular weight excluding hydrogens is 384 g/mol. The fraction of sp³-hybridized carbons (Fsp3) is 0.0435. The number of carbonyl (C=O) groups is 1. The van der Waals surface area contributed by atoms with E-state index in [2.05, 4.69) is 46.7 Å². The molecule has 0 aliphatic carbocycles. The van der Waals surface area contributed by atoms with Crippen molar-refractivity contribution in [2.75, 3.05) is 11.6 Å². The predicted octanol–water partition coefficient (Wildman–Crippen LogP) is 6.45. The third-order valence-corrected chi connectivity index (χ3v) is 5.87. The maximum absolute atomic E-state index is 12.4. The number of hydrogen-bond acceptors (Lipinski definition) is 4. The zero-order valence-corrected chi connectivity index (χ0v) is 16.9. The topological polar surface area (TPSA) is 42.0 Å². The van der Waals surface area contributed by atoms with E-state index in [1.54, 1.807) is 11.8 Å². The Morgan fingerprint density at radius 2 is 1.50 bits per heavy atom. The lowest BCUT2D eigenvalue weighted by molar-refractivity contribution is 0.102. The first-order valence-corrected chi connectivity index (χ1v) is 10.9. The highest BCUT2D eigenvalue weighted by Crippen LogP contribution is 2.28. The number of anilines is 1. The van der Waals surface area contributed by atoms with Crippen LogP contribution >= 0.6 is 23.1 Å². The molecule has 0 saturated heterocycles. The molecule has 0 spiro atoms. The average Bonchev–Trinajstić information content (AvgIpc) is 3.23.